The first-order valence-electron chi connectivity index (χ1n) is 9.31. The number of hydrogen-bond donors (Lipinski definition) is 1. The van der Waals surface area contributed by atoms with Crippen LogP contribution in [0.5, 0.6) is 5.75 Å². The zero-order chi connectivity index (χ0) is 20.7. The van der Waals surface area contributed by atoms with Crippen LogP contribution in [0.15, 0.2) is 42.5 Å². The van der Waals surface area contributed by atoms with Crippen LogP contribution >= 0.6 is 11.6 Å². The molecular formula is C22H27ClN2O3. The molecule has 0 heterocycles. The van der Waals surface area contributed by atoms with Crippen molar-refractivity contribution in [2.24, 2.45) is 0 Å². The molecule has 5 nitrogen and oxygen atoms in total. The average molecular weight is 403 g/mol. The molecule has 0 fully saturated rings. The van der Waals surface area contributed by atoms with Crippen LogP contribution in [-0.2, 0) is 16.1 Å². The van der Waals surface area contributed by atoms with E-state index in [2.05, 4.69) is 5.32 Å². The van der Waals surface area contributed by atoms with Crippen molar-refractivity contribution in [3.05, 3.63) is 64.2 Å². The van der Waals surface area contributed by atoms with Crippen molar-refractivity contribution < 1.29 is 14.3 Å². The number of rotatable bonds is 8. The highest BCUT2D eigenvalue weighted by Gasteiger charge is 2.28. The quantitative estimate of drug-likeness (QED) is 0.728. The van der Waals surface area contributed by atoms with Gasteiger partial charge in [0, 0.05) is 18.6 Å². The van der Waals surface area contributed by atoms with Gasteiger partial charge in [0.2, 0.25) is 5.91 Å². The van der Waals surface area contributed by atoms with Gasteiger partial charge < -0.3 is 15.0 Å². The van der Waals surface area contributed by atoms with Gasteiger partial charge in [-0.2, -0.15) is 0 Å². The molecular weight excluding hydrogens is 376 g/mol. The third kappa shape index (κ3) is 5.73. The summed E-state index contributed by atoms with van der Waals surface area (Å²) in [5.41, 5.74) is 3.15. The fourth-order valence-electron chi connectivity index (χ4n) is 2.90. The minimum Gasteiger partial charge on any atom is -0.484 e. The average Bonchev–Trinajstić information content (AvgIpc) is 2.69. The first-order chi connectivity index (χ1) is 13.3. The van der Waals surface area contributed by atoms with Gasteiger partial charge >= 0.3 is 0 Å². The number of aryl methyl sites for hydroxylation is 2. The van der Waals surface area contributed by atoms with Gasteiger partial charge in [-0.3, -0.25) is 9.59 Å². The predicted octanol–water partition coefficient (Wildman–Crippen LogP) is 3.89. The minimum absolute atomic E-state index is 0.135. The summed E-state index contributed by atoms with van der Waals surface area (Å²) < 4.78 is 5.71. The highest BCUT2D eigenvalue weighted by Crippen LogP contribution is 2.18. The molecule has 0 aliphatic heterocycles. The Bertz CT molecular complexity index is 821. The van der Waals surface area contributed by atoms with Crippen molar-refractivity contribution >= 4 is 23.4 Å². The monoisotopic (exact) mass is 402 g/mol. The first kappa shape index (κ1) is 21.8. The van der Waals surface area contributed by atoms with E-state index in [1.807, 2.05) is 51.1 Å². The van der Waals surface area contributed by atoms with Crippen LogP contribution in [0.25, 0.3) is 0 Å². The summed E-state index contributed by atoms with van der Waals surface area (Å²) in [7, 11) is 1.57. The normalized spacial score (nSPS) is 11.6. The first-order valence-corrected chi connectivity index (χ1v) is 9.69. The third-order valence-electron chi connectivity index (χ3n) is 4.74. The molecule has 1 N–H and O–H groups in total. The topological polar surface area (TPSA) is 58.6 Å². The van der Waals surface area contributed by atoms with Gasteiger partial charge in [0.15, 0.2) is 6.61 Å². The van der Waals surface area contributed by atoms with E-state index in [4.69, 9.17) is 16.3 Å². The maximum absolute atomic E-state index is 13.0. The number of carbonyl (C=O) groups excluding carboxylic acids is 2. The number of benzene rings is 2. The van der Waals surface area contributed by atoms with Crippen molar-refractivity contribution in [1.29, 1.82) is 0 Å². The standard InChI is InChI=1S/C22H27ClN2O3/c1-5-20(22(27)24-4)25(13-17-7-9-18(23)10-8-17)21(26)14-28-19-11-6-15(2)16(3)12-19/h6-12,20H,5,13-14H2,1-4H3,(H,24,27). The molecule has 0 aliphatic rings. The molecule has 0 aliphatic carbocycles. The molecule has 2 rings (SSSR count). The lowest BCUT2D eigenvalue weighted by Crippen LogP contribution is -2.49. The molecule has 2 aromatic rings. The second kappa shape index (κ2) is 10.1. The smallest absolute Gasteiger partial charge is 0.261 e. The minimum atomic E-state index is -0.573. The summed E-state index contributed by atoms with van der Waals surface area (Å²) in [6, 6.07) is 12.4. The lowest BCUT2D eigenvalue weighted by Gasteiger charge is -2.30. The van der Waals surface area contributed by atoms with E-state index in [1.54, 1.807) is 24.1 Å². The van der Waals surface area contributed by atoms with Gasteiger partial charge in [-0.05, 0) is 61.2 Å². The number of nitrogens with one attached hydrogen (secondary N) is 1. The number of ether oxygens (including phenoxy) is 1. The molecule has 6 heteroatoms. The fourth-order valence-corrected chi connectivity index (χ4v) is 3.03. The van der Waals surface area contributed by atoms with E-state index in [-0.39, 0.29) is 18.4 Å². The molecule has 0 bridgehead atoms. The van der Waals surface area contributed by atoms with Crippen LogP contribution in [0, 0.1) is 13.8 Å². The lowest BCUT2D eigenvalue weighted by atomic mass is 10.1. The molecule has 2 amide bonds. The largest absolute Gasteiger partial charge is 0.484 e. The number of halogens is 1. The van der Waals surface area contributed by atoms with E-state index in [9.17, 15) is 9.59 Å². The maximum Gasteiger partial charge on any atom is 0.261 e. The Kier molecular flexibility index (Phi) is 7.88. The second-order valence-corrected chi connectivity index (χ2v) is 7.16. The molecule has 0 radical (unpaired) electrons. The summed E-state index contributed by atoms with van der Waals surface area (Å²) in [5.74, 6) is 0.190. The highest BCUT2D eigenvalue weighted by molar-refractivity contribution is 6.30. The van der Waals surface area contributed by atoms with Gasteiger partial charge in [0.1, 0.15) is 11.8 Å². The molecule has 0 saturated carbocycles. The zero-order valence-electron chi connectivity index (χ0n) is 16.8. The van der Waals surface area contributed by atoms with E-state index in [0.717, 1.165) is 16.7 Å². The fraction of sp³-hybridized carbons (Fsp3) is 0.364. The zero-order valence-corrected chi connectivity index (χ0v) is 17.5. The van der Waals surface area contributed by atoms with Crippen LogP contribution in [0.1, 0.15) is 30.0 Å². The van der Waals surface area contributed by atoms with Crippen LogP contribution < -0.4 is 10.1 Å². The number of carbonyl (C=O) groups is 2. The van der Waals surface area contributed by atoms with Gasteiger partial charge in [-0.25, -0.2) is 0 Å². The molecule has 1 unspecified atom stereocenters. The van der Waals surface area contributed by atoms with Gasteiger partial charge in [0.25, 0.3) is 5.91 Å². The van der Waals surface area contributed by atoms with E-state index in [1.165, 1.54) is 0 Å². The van der Waals surface area contributed by atoms with Crippen molar-refractivity contribution in [2.45, 2.75) is 39.8 Å². The Balaban J connectivity index is 2.18. The van der Waals surface area contributed by atoms with E-state index in [0.29, 0.717) is 23.7 Å². The Labute approximate surface area is 171 Å². The maximum atomic E-state index is 13.0. The summed E-state index contributed by atoms with van der Waals surface area (Å²) in [6.45, 7) is 6.07. The summed E-state index contributed by atoms with van der Waals surface area (Å²) in [6.07, 6.45) is 0.503. The molecule has 0 aromatic heterocycles. The Hall–Kier alpha value is -2.53. The SMILES string of the molecule is CCC(C(=O)NC)N(Cc1ccc(Cl)cc1)C(=O)COc1ccc(C)c(C)c1. The second-order valence-electron chi connectivity index (χ2n) is 6.72. The Morgan fingerprint density at radius 3 is 2.36 bits per heavy atom. The summed E-state index contributed by atoms with van der Waals surface area (Å²) in [5, 5.41) is 3.26. The van der Waals surface area contributed by atoms with E-state index < -0.39 is 6.04 Å². The molecule has 28 heavy (non-hydrogen) atoms. The van der Waals surface area contributed by atoms with Crippen LogP contribution in [0.4, 0.5) is 0 Å². The van der Waals surface area contributed by atoms with E-state index >= 15 is 0 Å². The van der Waals surface area contributed by atoms with Gasteiger partial charge in [0.05, 0.1) is 0 Å². The predicted molar refractivity (Wildman–Crippen MR) is 112 cm³/mol. The Morgan fingerprint density at radius 1 is 1.11 bits per heavy atom. The van der Waals surface area contributed by atoms with Crippen LogP contribution in [0.3, 0.4) is 0 Å². The molecule has 0 saturated heterocycles. The molecule has 2 aromatic carbocycles. The van der Waals surface area contributed by atoms with Crippen molar-refractivity contribution in [1.82, 2.24) is 10.2 Å². The van der Waals surface area contributed by atoms with Crippen molar-refractivity contribution in [3.63, 3.8) is 0 Å². The van der Waals surface area contributed by atoms with Crippen molar-refractivity contribution in [3.8, 4) is 5.75 Å². The van der Waals surface area contributed by atoms with Crippen molar-refractivity contribution in [2.75, 3.05) is 13.7 Å². The molecule has 1 atom stereocenters. The number of amides is 2. The summed E-state index contributed by atoms with van der Waals surface area (Å²) >= 11 is 5.95. The van der Waals surface area contributed by atoms with Gasteiger partial charge in [-0.1, -0.05) is 36.7 Å². The number of hydrogen-bond acceptors (Lipinski definition) is 3. The lowest BCUT2D eigenvalue weighted by molar-refractivity contribution is -0.142. The van der Waals surface area contributed by atoms with Crippen LogP contribution in [0.2, 0.25) is 5.02 Å². The van der Waals surface area contributed by atoms with Crippen LogP contribution in [-0.4, -0.2) is 36.4 Å². The Morgan fingerprint density at radius 2 is 1.79 bits per heavy atom. The number of likely N-dealkylation sites (N-methyl/N-ethyl adjacent to an activating group) is 1. The third-order valence-corrected chi connectivity index (χ3v) is 4.99. The number of nitrogens with zero attached hydrogens (tertiary/aromatic N) is 1. The van der Waals surface area contributed by atoms with Gasteiger partial charge in [-0.15, -0.1) is 0 Å². The highest BCUT2D eigenvalue weighted by atomic mass is 35.5. The summed E-state index contributed by atoms with van der Waals surface area (Å²) in [4.78, 5) is 26.8. The molecule has 0 spiro atoms. The molecule has 150 valence electrons.